The Kier molecular flexibility index (Phi) is 5.66. The minimum atomic E-state index is -0.307. The van der Waals surface area contributed by atoms with E-state index in [9.17, 15) is 9.59 Å². The van der Waals surface area contributed by atoms with Crippen molar-refractivity contribution in [3.05, 3.63) is 57.5 Å². The second-order valence-corrected chi connectivity index (χ2v) is 6.47. The van der Waals surface area contributed by atoms with E-state index >= 15 is 0 Å². The summed E-state index contributed by atoms with van der Waals surface area (Å²) < 4.78 is 6.96. The van der Waals surface area contributed by atoms with Gasteiger partial charge in [0.2, 0.25) is 5.91 Å². The summed E-state index contributed by atoms with van der Waals surface area (Å²) >= 11 is 0. The molecule has 2 N–H and O–H groups in total. The van der Waals surface area contributed by atoms with E-state index in [4.69, 9.17) is 4.74 Å². The summed E-state index contributed by atoms with van der Waals surface area (Å²) in [7, 11) is 0. The number of aryl methyl sites for hydroxylation is 3. The molecule has 3 aromatic rings. The first-order chi connectivity index (χ1) is 12.9. The molecular weight excluding hydrogens is 346 g/mol. The van der Waals surface area contributed by atoms with Crippen molar-refractivity contribution in [2.24, 2.45) is 0 Å². The number of amides is 1. The molecule has 0 atom stereocenters. The quantitative estimate of drug-likeness (QED) is 0.655. The Morgan fingerprint density at radius 3 is 2.81 bits per heavy atom. The van der Waals surface area contributed by atoms with Gasteiger partial charge in [-0.25, -0.2) is 9.78 Å². The molecule has 0 unspecified atom stereocenters. The van der Waals surface area contributed by atoms with E-state index in [-0.39, 0.29) is 24.8 Å². The van der Waals surface area contributed by atoms with E-state index in [1.54, 1.807) is 6.92 Å². The minimum Gasteiger partial charge on any atom is -0.364 e. The van der Waals surface area contributed by atoms with Gasteiger partial charge in [-0.15, -0.1) is 0 Å². The standard InChI is InChI=1S/C19H23N5O3/c1-12-5-4-6-15-18(12)23-16(22-15)10-27-11-17(25)20-7-8-24-14(3)9-13(2)21-19(24)26/h4-6,9H,7-8,10-11H2,1-3H3,(H,20,25)(H,22,23). The molecule has 2 heterocycles. The molecule has 8 nitrogen and oxygen atoms in total. The average molecular weight is 369 g/mol. The number of para-hydroxylation sites is 1. The third-order valence-electron chi connectivity index (χ3n) is 4.24. The molecule has 0 aliphatic heterocycles. The van der Waals surface area contributed by atoms with E-state index in [0.29, 0.717) is 24.6 Å². The molecule has 8 heteroatoms. The summed E-state index contributed by atoms with van der Waals surface area (Å²) in [6.07, 6.45) is 0. The van der Waals surface area contributed by atoms with Crippen molar-refractivity contribution < 1.29 is 9.53 Å². The highest BCUT2D eigenvalue weighted by molar-refractivity contribution is 5.78. The lowest BCUT2D eigenvalue weighted by Gasteiger charge is -2.10. The molecule has 0 radical (unpaired) electrons. The summed E-state index contributed by atoms with van der Waals surface area (Å²) in [5.74, 6) is 0.438. The number of benzene rings is 1. The predicted octanol–water partition coefficient (Wildman–Crippen LogP) is 1.38. The maximum Gasteiger partial charge on any atom is 0.348 e. The lowest BCUT2D eigenvalue weighted by Crippen LogP contribution is -2.34. The Balaban J connectivity index is 1.44. The zero-order valence-corrected chi connectivity index (χ0v) is 15.7. The van der Waals surface area contributed by atoms with Crippen LogP contribution in [0.4, 0.5) is 0 Å². The fraction of sp³-hybridized carbons (Fsp3) is 0.368. The summed E-state index contributed by atoms with van der Waals surface area (Å²) in [4.78, 5) is 35.3. The number of imidazole rings is 1. The van der Waals surface area contributed by atoms with Gasteiger partial charge in [-0.2, -0.15) is 4.98 Å². The molecular formula is C19H23N5O3. The van der Waals surface area contributed by atoms with Gasteiger partial charge in [0.05, 0.1) is 11.0 Å². The number of H-pyrrole nitrogens is 1. The van der Waals surface area contributed by atoms with Crippen LogP contribution in [0.1, 0.15) is 22.8 Å². The van der Waals surface area contributed by atoms with Gasteiger partial charge in [-0.3, -0.25) is 9.36 Å². The number of aromatic nitrogens is 4. The smallest absolute Gasteiger partial charge is 0.348 e. The summed E-state index contributed by atoms with van der Waals surface area (Å²) in [5.41, 5.74) is 4.14. The largest absolute Gasteiger partial charge is 0.364 e. The van der Waals surface area contributed by atoms with Crippen LogP contribution in [0.5, 0.6) is 0 Å². The van der Waals surface area contributed by atoms with E-state index in [0.717, 1.165) is 22.3 Å². The molecule has 1 amide bonds. The lowest BCUT2D eigenvalue weighted by atomic mass is 10.2. The molecule has 0 fully saturated rings. The number of hydrogen-bond acceptors (Lipinski definition) is 5. The second-order valence-electron chi connectivity index (χ2n) is 6.47. The van der Waals surface area contributed by atoms with Crippen LogP contribution in [0.2, 0.25) is 0 Å². The van der Waals surface area contributed by atoms with Crippen molar-refractivity contribution in [3.63, 3.8) is 0 Å². The first kappa shape index (κ1) is 18.8. The van der Waals surface area contributed by atoms with Crippen molar-refractivity contribution in [1.82, 2.24) is 24.8 Å². The Morgan fingerprint density at radius 2 is 2.07 bits per heavy atom. The number of aromatic amines is 1. The fourth-order valence-corrected chi connectivity index (χ4v) is 2.94. The van der Waals surface area contributed by atoms with Crippen LogP contribution >= 0.6 is 0 Å². The monoisotopic (exact) mass is 369 g/mol. The maximum absolute atomic E-state index is 11.9. The maximum atomic E-state index is 11.9. The Bertz CT molecular complexity index is 1020. The van der Waals surface area contributed by atoms with Gasteiger partial charge in [-0.05, 0) is 38.5 Å². The lowest BCUT2D eigenvalue weighted by molar-refractivity contribution is -0.126. The molecule has 0 saturated heterocycles. The van der Waals surface area contributed by atoms with Crippen LogP contribution in [0, 0.1) is 20.8 Å². The molecule has 0 bridgehead atoms. The van der Waals surface area contributed by atoms with E-state index in [2.05, 4.69) is 20.3 Å². The number of fused-ring (bicyclic) bond motifs is 1. The van der Waals surface area contributed by atoms with E-state index in [1.165, 1.54) is 4.57 Å². The molecule has 0 aliphatic carbocycles. The Hall–Kier alpha value is -3.00. The van der Waals surface area contributed by atoms with E-state index < -0.39 is 0 Å². The van der Waals surface area contributed by atoms with Crippen LogP contribution < -0.4 is 11.0 Å². The number of rotatable bonds is 7. The minimum absolute atomic E-state index is 0.0734. The van der Waals surface area contributed by atoms with Gasteiger partial charge in [0.25, 0.3) is 0 Å². The van der Waals surface area contributed by atoms with Crippen molar-refractivity contribution in [2.45, 2.75) is 33.9 Å². The van der Waals surface area contributed by atoms with Gasteiger partial charge in [0.1, 0.15) is 19.0 Å². The number of hydrogen-bond donors (Lipinski definition) is 2. The Labute approximate surface area is 156 Å². The van der Waals surface area contributed by atoms with Gasteiger partial charge in [0, 0.05) is 24.5 Å². The highest BCUT2D eigenvalue weighted by Gasteiger charge is 2.07. The zero-order valence-electron chi connectivity index (χ0n) is 15.7. The predicted molar refractivity (Wildman–Crippen MR) is 101 cm³/mol. The fourth-order valence-electron chi connectivity index (χ4n) is 2.94. The molecule has 27 heavy (non-hydrogen) atoms. The first-order valence-corrected chi connectivity index (χ1v) is 8.78. The molecule has 142 valence electrons. The van der Waals surface area contributed by atoms with Crippen LogP contribution in [0.15, 0.2) is 29.1 Å². The number of carbonyl (C=O) groups excluding carboxylic acids is 1. The molecule has 2 aromatic heterocycles. The molecule has 3 rings (SSSR count). The normalized spacial score (nSPS) is 11.1. The SMILES string of the molecule is Cc1cc(C)n(CCNC(=O)COCc2nc3c(C)cccc3[nH]2)c(=O)n1. The van der Waals surface area contributed by atoms with Crippen LogP contribution in [-0.2, 0) is 22.7 Å². The van der Waals surface area contributed by atoms with Crippen LogP contribution in [0.25, 0.3) is 11.0 Å². The van der Waals surface area contributed by atoms with Crippen LogP contribution in [0.3, 0.4) is 0 Å². The highest BCUT2D eigenvalue weighted by atomic mass is 16.5. The van der Waals surface area contributed by atoms with Crippen LogP contribution in [-0.4, -0.2) is 38.6 Å². The average Bonchev–Trinajstić information content (AvgIpc) is 3.01. The number of nitrogens with zero attached hydrogens (tertiary/aromatic N) is 3. The molecule has 1 aromatic carbocycles. The number of ether oxygens (including phenoxy) is 1. The topological polar surface area (TPSA) is 102 Å². The van der Waals surface area contributed by atoms with Gasteiger partial charge >= 0.3 is 5.69 Å². The highest BCUT2D eigenvalue weighted by Crippen LogP contribution is 2.15. The van der Waals surface area contributed by atoms with Gasteiger partial charge in [0.15, 0.2) is 0 Å². The summed E-state index contributed by atoms with van der Waals surface area (Å²) in [6, 6.07) is 7.75. The molecule has 0 spiro atoms. The Morgan fingerprint density at radius 1 is 1.26 bits per heavy atom. The third-order valence-corrected chi connectivity index (χ3v) is 4.24. The van der Waals surface area contributed by atoms with Gasteiger partial charge in [-0.1, -0.05) is 12.1 Å². The van der Waals surface area contributed by atoms with Gasteiger partial charge < -0.3 is 15.0 Å². The molecule has 0 aliphatic rings. The second kappa shape index (κ2) is 8.13. The summed E-state index contributed by atoms with van der Waals surface area (Å²) in [5, 5.41) is 2.74. The van der Waals surface area contributed by atoms with Crippen molar-refractivity contribution in [2.75, 3.05) is 13.2 Å². The van der Waals surface area contributed by atoms with E-state index in [1.807, 2.05) is 38.1 Å². The van der Waals surface area contributed by atoms with Crippen molar-refractivity contribution in [3.8, 4) is 0 Å². The first-order valence-electron chi connectivity index (χ1n) is 8.78. The number of nitrogens with one attached hydrogen (secondary N) is 2. The van der Waals surface area contributed by atoms with Crippen molar-refractivity contribution in [1.29, 1.82) is 0 Å². The third kappa shape index (κ3) is 4.59. The summed E-state index contributed by atoms with van der Waals surface area (Å²) in [6.45, 7) is 6.47. The molecule has 0 saturated carbocycles. The zero-order chi connectivity index (χ0) is 19.4. The van der Waals surface area contributed by atoms with Crippen molar-refractivity contribution >= 4 is 16.9 Å². The number of carbonyl (C=O) groups is 1.